The topological polar surface area (TPSA) is 21.3 Å². The first-order valence-corrected chi connectivity index (χ1v) is 8.90. The summed E-state index contributed by atoms with van der Waals surface area (Å²) < 4.78 is 6.24. The molecular formula is C18H37NO. The standard InChI is InChI=1S/C18H37NO/c1-6-9-13-20-17-14-15(18(4,5)8-3)10-11-16(17)19-12-7-2/h15-17,19H,6-14H2,1-5H3. The Bertz CT molecular complexity index is 252. The van der Waals surface area contributed by atoms with Crippen molar-refractivity contribution in [3.63, 3.8) is 0 Å². The molecule has 0 aromatic carbocycles. The lowest BCUT2D eigenvalue weighted by Crippen LogP contribution is -2.48. The van der Waals surface area contributed by atoms with Gasteiger partial charge in [0.2, 0.25) is 0 Å². The third-order valence-corrected chi connectivity index (χ3v) is 5.29. The van der Waals surface area contributed by atoms with Crippen molar-refractivity contribution in [2.75, 3.05) is 13.2 Å². The molecule has 20 heavy (non-hydrogen) atoms. The lowest BCUT2D eigenvalue weighted by atomic mass is 9.68. The maximum atomic E-state index is 6.24. The van der Waals surface area contributed by atoms with E-state index in [0.717, 1.165) is 19.1 Å². The molecular weight excluding hydrogens is 246 g/mol. The molecule has 3 atom stereocenters. The molecule has 0 spiro atoms. The predicted octanol–water partition coefficient (Wildman–Crippen LogP) is 4.78. The van der Waals surface area contributed by atoms with Crippen LogP contribution in [-0.2, 0) is 4.74 Å². The molecule has 1 fully saturated rings. The maximum absolute atomic E-state index is 6.24. The monoisotopic (exact) mass is 283 g/mol. The summed E-state index contributed by atoms with van der Waals surface area (Å²) >= 11 is 0. The van der Waals surface area contributed by atoms with E-state index in [4.69, 9.17) is 4.74 Å². The summed E-state index contributed by atoms with van der Waals surface area (Å²) in [5.74, 6) is 0.818. The highest BCUT2D eigenvalue weighted by molar-refractivity contribution is 4.90. The summed E-state index contributed by atoms with van der Waals surface area (Å²) in [6.45, 7) is 13.7. The van der Waals surface area contributed by atoms with Crippen LogP contribution >= 0.6 is 0 Å². The summed E-state index contributed by atoms with van der Waals surface area (Å²) in [6.07, 6.45) is 9.21. The van der Waals surface area contributed by atoms with Gasteiger partial charge < -0.3 is 10.1 Å². The molecule has 0 aromatic rings. The summed E-state index contributed by atoms with van der Waals surface area (Å²) in [5, 5.41) is 3.71. The van der Waals surface area contributed by atoms with E-state index in [1.165, 1.54) is 44.9 Å². The van der Waals surface area contributed by atoms with E-state index in [0.29, 0.717) is 17.6 Å². The van der Waals surface area contributed by atoms with Gasteiger partial charge in [0.15, 0.2) is 0 Å². The summed E-state index contributed by atoms with van der Waals surface area (Å²) in [5.41, 5.74) is 0.460. The minimum absolute atomic E-state index is 0.428. The zero-order valence-corrected chi connectivity index (χ0v) is 14.5. The van der Waals surface area contributed by atoms with Crippen molar-refractivity contribution in [2.24, 2.45) is 11.3 Å². The smallest absolute Gasteiger partial charge is 0.0730 e. The Labute approximate surface area is 127 Å². The average molecular weight is 284 g/mol. The number of hydrogen-bond donors (Lipinski definition) is 1. The zero-order valence-electron chi connectivity index (χ0n) is 14.5. The third-order valence-electron chi connectivity index (χ3n) is 5.29. The Kier molecular flexibility index (Phi) is 8.13. The van der Waals surface area contributed by atoms with Crippen LogP contribution in [0.4, 0.5) is 0 Å². The third kappa shape index (κ3) is 5.37. The Balaban J connectivity index is 2.57. The minimum Gasteiger partial charge on any atom is -0.377 e. The van der Waals surface area contributed by atoms with Crippen molar-refractivity contribution in [1.29, 1.82) is 0 Å². The van der Waals surface area contributed by atoms with Gasteiger partial charge in [-0.3, -0.25) is 0 Å². The van der Waals surface area contributed by atoms with Gasteiger partial charge in [0.1, 0.15) is 0 Å². The Morgan fingerprint density at radius 2 is 1.85 bits per heavy atom. The van der Waals surface area contributed by atoms with E-state index >= 15 is 0 Å². The number of nitrogens with one attached hydrogen (secondary N) is 1. The van der Waals surface area contributed by atoms with Crippen LogP contribution < -0.4 is 5.32 Å². The Morgan fingerprint density at radius 3 is 2.45 bits per heavy atom. The fourth-order valence-corrected chi connectivity index (χ4v) is 3.25. The highest BCUT2D eigenvalue weighted by Crippen LogP contribution is 2.41. The second-order valence-corrected chi connectivity index (χ2v) is 7.18. The number of rotatable bonds is 9. The lowest BCUT2D eigenvalue weighted by molar-refractivity contribution is -0.0319. The molecule has 0 heterocycles. The van der Waals surface area contributed by atoms with Crippen LogP contribution in [-0.4, -0.2) is 25.3 Å². The molecule has 0 amide bonds. The van der Waals surface area contributed by atoms with Crippen LogP contribution in [0, 0.1) is 11.3 Å². The fraction of sp³-hybridized carbons (Fsp3) is 1.00. The second kappa shape index (κ2) is 9.04. The lowest BCUT2D eigenvalue weighted by Gasteiger charge is -2.43. The van der Waals surface area contributed by atoms with Crippen molar-refractivity contribution < 1.29 is 4.74 Å². The van der Waals surface area contributed by atoms with Crippen LogP contribution in [0.2, 0.25) is 0 Å². The molecule has 3 unspecified atom stereocenters. The predicted molar refractivity (Wildman–Crippen MR) is 88.1 cm³/mol. The molecule has 1 N–H and O–H groups in total. The fourth-order valence-electron chi connectivity index (χ4n) is 3.25. The molecule has 0 radical (unpaired) electrons. The molecule has 1 aliphatic carbocycles. The number of hydrogen-bond acceptors (Lipinski definition) is 2. The van der Waals surface area contributed by atoms with E-state index in [9.17, 15) is 0 Å². The van der Waals surface area contributed by atoms with Crippen LogP contribution in [0.15, 0.2) is 0 Å². The van der Waals surface area contributed by atoms with Gasteiger partial charge >= 0.3 is 0 Å². The highest BCUT2D eigenvalue weighted by Gasteiger charge is 2.37. The van der Waals surface area contributed by atoms with E-state index in [1.54, 1.807) is 0 Å². The molecule has 2 heteroatoms. The Hall–Kier alpha value is -0.0800. The molecule has 0 saturated heterocycles. The normalized spacial score (nSPS) is 27.8. The van der Waals surface area contributed by atoms with E-state index in [-0.39, 0.29) is 0 Å². The van der Waals surface area contributed by atoms with Crippen LogP contribution in [0.5, 0.6) is 0 Å². The van der Waals surface area contributed by atoms with E-state index < -0.39 is 0 Å². The quantitative estimate of drug-likeness (QED) is 0.615. The first kappa shape index (κ1) is 18.0. The van der Waals surface area contributed by atoms with Crippen molar-refractivity contribution in [3.8, 4) is 0 Å². The van der Waals surface area contributed by atoms with Crippen molar-refractivity contribution >= 4 is 0 Å². The summed E-state index contributed by atoms with van der Waals surface area (Å²) in [7, 11) is 0. The maximum Gasteiger partial charge on any atom is 0.0730 e. The van der Waals surface area contributed by atoms with Crippen LogP contribution in [0.3, 0.4) is 0 Å². The summed E-state index contributed by atoms with van der Waals surface area (Å²) in [6, 6.07) is 0.579. The molecule has 1 aliphatic rings. The Morgan fingerprint density at radius 1 is 1.10 bits per heavy atom. The first-order chi connectivity index (χ1) is 9.55. The van der Waals surface area contributed by atoms with Gasteiger partial charge in [-0.1, -0.05) is 47.5 Å². The molecule has 1 saturated carbocycles. The van der Waals surface area contributed by atoms with Crippen molar-refractivity contribution in [2.45, 2.75) is 91.7 Å². The van der Waals surface area contributed by atoms with Gasteiger partial charge in [-0.05, 0) is 50.0 Å². The van der Waals surface area contributed by atoms with Crippen molar-refractivity contribution in [3.05, 3.63) is 0 Å². The highest BCUT2D eigenvalue weighted by atomic mass is 16.5. The van der Waals surface area contributed by atoms with Gasteiger partial charge in [0.05, 0.1) is 6.10 Å². The largest absolute Gasteiger partial charge is 0.377 e. The second-order valence-electron chi connectivity index (χ2n) is 7.18. The van der Waals surface area contributed by atoms with Gasteiger partial charge in [0, 0.05) is 12.6 Å². The van der Waals surface area contributed by atoms with Crippen LogP contribution in [0.1, 0.15) is 79.6 Å². The van der Waals surface area contributed by atoms with Gasteiger partial charge in [0.25, 0.3) is 0 Å². The molecule has 0 aliphatic heterocycles. The van der Waals surface area contributed by atoms with Crippen molar-refractivity contribution in [1.82, 2.24) is 5.32 Å². The van der Waals surface area contributed by atoms with Gasteiger partial charge in [-0.25, -0.2) is 0 Å². The molecule has 1 rings (SSSR count). The molecule has 2 nitrogen and oxygen atoms in total. The summed E-state index contributed by atoms with van der Waals surface area (Å²) in [4.78, 5) is 0. The molecule has 0 bridgehead atoms. The van der Waals surface area contributed by atoms with Crippen LogP contribution in [0.25, 0.3) is 0 Å². The average Bonchev–Trinajstić information content (AvgIpc) is 2.46. The number of unbranched alkanes of at least 4 members (excludes halogenated alkanes) is 1. The minimum atomic E-state index is 0.428. The number of ether oxygens (including phenoxy) is 1. The van der Waals surface area contributed by atoms with Gasteiger partial charge in [-0.15, -0.1) is 0 Å². The van der Waals surface area contributed by atoms with E-state index in [1.807, 2.05) is 0 Å². The molecule has 120 valence electrons. The zero-order chi connectivity index (χ0) is 15.0. The molecule has 0 aromatic heterocycles. The SMILES string of the molecule is CCCCOC1CC(C(C)(C)CC)CCC1NCCC. The van der Waals surface area contributed by atoms with E-state index in [2.05, 4.69) is 39.9 Å². The first-order valence-electron chi connectivity index (χ1n) is 8.90. The van der Waals surface area contributed by atoms with Gasteiger partial charge in [-0.2, -0.15) is 0 Å².